The molecule has 20 heavy (non-hydrogen) atoms. The Balaban J connectivity index is 2.18. The summed E-state index contributed by atoms with van der Waals surface area (Å²) in [5.74, 6) is -1.62. The third kappa shape index (κ3) is 3.03. The molecular formula is C14H13FN2O3. The van der Waals surface area contributed by atoms with E-state index in [1.54, 1.807) is 18.3 Å². The molecule has 2 aromatic rings. The van der Waals surface area contributed by atoms with Crippen LogP contribution in [0, 0.1) is 5.82 Å². The van der Waals surface area contributed by atoms with Crippen LogP contribution < -0.4 is 10.1 Å². The van der Waals surface area contributed by atoms with Gasteiger partial charge in [-0.25, -0.2) is 14.2 Å². The van der Waals surface area contributed by atoms with E-state index in [-0.39, 0.29) is 11.3 Å². The summed E-state index contributed by atoms with van der Waals surface area (Å²) in [6, 6.07) is 7.56. The van der Waals surface area contributed by atoms with E-state index < -0.39 is 11.8 Å². The lowest BCUT2D eigenvalue weighted by atomic mass is 10.1. The van der Waals surface area contributed by atoms with Crippen LogP contribution in [0.15, 0.2) is 36.5 Å². The van der Waals surface area contributed by atoms with Crippen molar-refractivity contribution >= 4 is 11.7 Å². The van der Waals surface area contributed by atoms with Gasteiger partial charge in [0.15, 0.2) is 0 Å². The molecule has 0 unspecified atom stereocenters. The van der Waals surface area contributed by atoms with E-state index >= 15 is 0 Å². The number of hydrogen-bond acceptors (Lipinski definition) is 4. The molecular weight excluding hydrogens is 263 g/mol. The second-order valence-corrected chi connectivity index (χ2v) is 4.03. The molecule has 2 rings (SSSR count). The number of ether oxygens (including phenoxy) is 1. The number of benzene rings is 1. The van der Waals surface area contributed by atoms with Gasteiger partial charge < -0.3 is 15.2 Å². The van der Waals surface area contributed by atoms with Gasteiger partial charge in [0.1, 0.15) is 11.4 Å². The summed E-state index contributed by atoms with van der Waals surface area (Å²) < 4.78 is 18.5. The van der Waals surface area contributed by atoms with Gasteiger partial charge in [0.05, 0.1) is 12.8 Å². The molecule has 1 aromatic heterocycles. The van der Waals surface area contributed by atoms with Gasteiger partial charge in [0.25, 0.3) is 0 Å². The highest BCUT2D eigenvalue weighted by molar-refractivity contribution is 5.94. The summed E-state index contributed by atoms with van der Waals surface area (Å²) in [6.45, 7) is 0.336. The van der Waals surface area contributed by atoms with E-state index in [1.807, 2.05) is 0 Å². The minimum Gasteiger partial charge on any atom is -0.481 e. The molecule has 5 nitrogen and oxygen atoms in total. The van der Waals surface area contributed by atoms with Crippen LogP contribution in [-0.2, 0) is 6.54 Å². The maximum Gasteiger partial charge on any atom is 0.340 e. The van der Waals surface area contributed by atoms with Crippen LogP contribution in [0.2, 0.25) is 0 Å². The largest absolute Gasteiger partial charge is 0.481 e. The zero-order chi connectivity index (χ0) is 14.5. The molecule has 0 saturated heterocycles. The van der Waals surface area contributed by atoms with Crippen LogP contribution in [0.1, 0.15) is 15.9 Å². The Labute approximate surface area is 115 Å². The molecule has 2 N–H and O–H groups in total. The molecule has 104 valence electrons. The van der Waals surface area contributed by atoms with Gasteiger partial charge in [0, 0.05) is 18.8 Å². The maximum atomic E-state index is 13.5. The number of pyridine rings is 1. The number of methoxy groups -OCH3 is 1. The smallest absolute Gasteiger partial charge is 0.340 e. The first-order valence-corrected chi connectivity index (χ1v) is 5.86. The molecule has 1 aromatic carbocycles. The van der Waals surface area contributed by atoms with Crippen LogP contribution in [0.25, 0.3) is 0 Å². The minimum absolute atomic E-state index is 0.230. The molecule has 0 saturated carbocycles. The van der Waals surface area contributed by atoms with Crippen LogP contribution in [0.5, 0.6) is 5.88 Å². The van der Waals surface area contributed by atoms with E-state index in [0.29, 0.717) is 12.4 Å². The average molecular weight is 276 g/mol. The number of hydrogen-bond donors (Lipinski definition) is 2. The monoisotopic (exact) mass is 276 g/mol. The van der Waals surface area contributed by atoms with Crippen molar-refractivity contribution in [3.8, 4) is 5.88 Å². The van der Waals surface area contributed by atoms with Crippen LogP contribution >= 0.6 is 0 Å². The Morgan fingerprint density at radius 3 is 2.95 bits per heavy atom. The van der Waals surface area contributed by atoms with Crippen molar-refractivity contribution in [2.24, 2.45) is 0 Å². The summed E-state index contributed by atoms with van der Waals surface area (Å²) in [7, 11) is 1.51. The van der Waals surface area contributed by atoms with Gasteiger partial charge in [-0.2, -0.15) is 0 Å². The molecule has 1 heterocycles. The van der Waals surface area contributed by atoms with Crippen molar-refractivity contribution in [1.29, 1.82) is 0 Å². The highest BCUT2D eigenvalue weighted by Gasteiger charge is 2.15. The van der Waals surface area contributed by atoms with Crippen molar-refractivity contribution in [2.45, 2.75) is 6.54 Å². The molecule has 0 aliphatic heterocycles. The zero-order valence-electron chi connectivity index (χ0n) is 10.8. The topological polar surface area (TPSA) is 71.5 Å². The number of aromatic nitrogens is 1. The number of carboxylic acids is 1. The van der Waals surface area contributed by atoms with Crippen molar-refractivity contribution in [3.05, 3.63) is 53.5 Å². The second kappa shape index (κ2) is 6.01. The molecule has 0 bridgehead atoms. The lowest BCUT2D eigenvalue weighted by Gasteiger charge is -2.10. The fourth-order valence-corrected chi connectivity index (χ4v) is 1.76. The van der Waals surface area contributed by atoms with Crippen LogP contribution in [-0.4, -0.2) is 23.2 Å². The van der Waals surface area contributed by atoms with Gasteiger partial charge in [-0.3, -0.25) is 0 Å². The predicted octanol–water partition coefficient (Wildman–Crippen LogP) is 2.54. The molecule has 0 fully saturated rings. The lowest BCUT2D eigenvalue weighted by molar-refractivity contribution is 0.0693. The Hall–Kier alpha value is -2.63. The van der Waals surface area contributed by atoms with E-state index in [2.05, 4.69) is 10.3 Å². The Morgan fingerprint density at radius 1 is 1.45 bits per heavy atom. The Morgan fingerprint density at radius 2 is 2.25 bits per heavy atom. The van der Waals surface area contributed by atoms with Gasteiger partial charge in [-0.1, -0.05) is 6.07 Å². The van der Waals surface area contributed by atoms with Gasteiger partial charge in [-0.05, 0) is 23.8 Å². The SMILES string of the molecule is COc1cc(CNc2cccc(F)c2C(=O)O)ccn1. The number of aromatic carboxylic acids is 1. The Kier molecular flexibility index (Phi) is 4.14. The number of rotatable bonds is 5. The summed E-state index contributed by atoms with van der Waals surface area (Å²) >= 11 is 0. The number of carbonyl (C=O) groups is 1. The summed E-state index contributed by atoms with van der Waals surface area (Å²) in [4.78, 5) is 15.0. The number of nitrogens with zero attached hydrogens (tertiary/aromatic N) is 1. The van der Waals surface area contributed by atoms with Crippen LogP contribution in [0.3, 0.4) is 0 Å². The van der Waals surface area contributed by atoms with Crippen molar-refractivity contribution in [2.75, 3.05) is 12.4 Å². The molecule has 0 aliphatic rings. The first-order valence-electron chi connectivity index (χ1n) is 5.86. The fraction of sp³-hybridized carbons (Fsp3) is 0.143. The number of nitrogens with one attached hydrogen (secondary N) is 1. The molecule has 0 spiro atoms. The molecule has 0 aliphatic carbocycles. The summed E-state index contributed by atoms with van der Waals surface area (Å²) in [5.41, 5.74) is 0.708. The molecule has 6 heteroatoms. The summed E-state index contributed by atoms with van der Waals surface area (Å²) in [5, 5.41) is 11.9. The highest BCUT2D eigenvalue weighted by Crippen LogP contribution is 2.20. The predicted molar refractivity (Wildman–Crippen MR) is 71.5 cm³/mol. The first kappa shape index (κ1) is 13.8. The van der Waals surface area contributed by atoms with Crippen molar-refractivity contribution < 1.29 is 19.0 Å². The third-order valence-electron chi connectivity index (χ3n) is 2.72. The highest BCUT2D eigenvalue weighted by atomic mass is 19.1. The number of anilines is 1. The van der Waals surface area contributed by atoms with Crippen molar-refractivity contribution in [3.63, 3.8) is 0 Å². The van der Waals surface area contributed by atoms with Gasteiger partial charge in [0.2, 0.25) is 5.88 Å². The molecule has 0 atom stereocenters. The normalized spacial score (nSPS) is 10.1. The number of halogens is 1. The van der Waals surface area contributed by atoms with Crippen molar-refractivity contribution in [1.82, 2.24) is 4.98 Å². The van der Waals surface area contributed by atoms with E-state index in [9.17, 15) is 9.18 Å². The van der Waals surface area contributed by atoms with E-state index in [1.165, 1.54) is 19.2 Å². The lowest BCUT2D eigenvalue weighted by Crippen LogP contribution is -2.08. The average Bonchev–Trinajstić information content (AvgIpc) is 2.45. The molecule has 0 amide bonds. The van der Waals surface area contributed by atoms with E-state index in [0.717, 1.165) is 11.6 Å². The number of carboxylic acid groups (broad SMARTS) is 1. The summed E-state index contributed by atoms with van der Waals surface area (Å²) in [6.07, 6.45) is 1.58. The quantitative estimate of drug-likeness (QED) is 0.878. The zero-order valence-corrected chi connectivity index (χ0v) is 10.8. The van der Waals surface area contributed by atoms with Crippen LogP contribution in [0.4, 0.5) is 10.1 Å². The third-order valence-corrected chi connectivity index (χ3v) is 2.72. The minimum atomic E-state index is -1.31. The molecule has 0 radical (unpaired) electrons. The Bertz CT molecular complexity index is 632. The maximum absolute atomic E-state index is 13.5. The fourth-order valence-electron chi connectivity index (χ4n) is 1.76. The van der Waals surface area contributed by atoms with Gasteiger partial charge in [-0.15, -0.1) is 0 Å². The van der Waals surface area contributed by atoms with E-state index in [4.69, 9.17) is 9.84 Å². The standard InChI is InChI=1S/C14H13FN2O3/c1-20-12-7-9(5-6-16-12)8-17-11-4-2-3-10(15)13(11)14(18)19/h2-7,17H,8H2,1H3,(H,18,19). The first-order chi connectivity index (χ1) is 9.61. The van der Waals surface area contributed by atoms with Gasteiger partial charge >= 0.3 is 5.97 Å². The second-order valence-electron chi connectivity index (χ2n) is 4.03.